The van der Waals surface area contributed by atoms with Gasteiger partial charge in [0.15, 0.2) is 0 Å². The molecule has 1 fully saturated rings. The van der Waals surface area contributed by atoms with E-state index in [9.17, 15) is 17.2 Å². The Hall–Kier alpha value is -1.99. The Labute approximate surface area is 151 Å². The molecule has 1 unspecified atom stereocenters. The van der Waals surface area contributed by atoms with Crippen molar-refractivity contribution < 1.29 is 21.9 Å². The lowest BCUT2D eigenvalue weighted by Gasteiger charge is -2.42. The van der Waals surface area contributed by atoms with E-state index in [1.807, 2.05) is 23.1 Å². The van der Waals surface area contributed by atoms with E-state index in [1.54, 1.807) is 12.1 Å². The molecule has 1 spiro atoms. The predicted molar refractivity (Wildman–Crippen MR) is 94.2 cm³/mol. The number of morpholine rings is 1. The van der Waals surface area contributed by atoms with Crippen molar-refractivity contribution in [3.05, 3.63) is 59.7 Å². The molecular weight excluding hydrogens is 360 g/mol. The van der Waals surface area contributed by atoms with Crippen LogP contribution in [0.2, 0.25) is 0 Å². The van der Waals surface area contributed by atoms with Crippen LogP contribution in [0, 0.1) is 0 Å². The number of ether oxygens (including phenoxy) is 1. The first kappa shape index (κ1) is 17.4. The Bertz CT molecular complexity index is 928. The van der Waals surface area contributed by atoms with Crippen LogP contribution in [-0.4, -0.2) is 33.9 Å². The summed E-state index contributed by atoms with van der Waals surface area (Å²) in [6.45, 7) is 1.32. The van der Waals surface area contributed by atoms with Gasteiger partial charge in [0.05, 0.1) is 23.7 Å². The van der Waals surface area contributed by atoms with Crippen molar-refractivity contribution in [2.75, 3.05) is 24.6 Å². The van der Waals surface area contributed by atoms with Crippen molar-refractivity contribution in [1.82, 2.24) is 0 Å². The Balaban J connectivity index is 1.73. The third-order valence-corrected chi connectivity index (χ3v) is 6.67. The number of alkyl halides is 2. The molecule has 0 bridgehead atoms. The van der Waals surface area contributed by atoms with Gasteiger partial charge in [0.25, 0.3) is 0 Å². The van der Waals surface area contributed by atoms with Crippen molar-refractivity contribution in [2.45, 2.75) is 29.1 Å². The maximum absolute atomic E-state index is 13.1. The van der Waals surface area contributed by atoms with Crippen LogP contribution in [0.3, 0.4) is 0 Å². The molecule has 2 aliphatic rings. The van der Waals surface area contributed by atoms with Crippen molar-refractivity contribution in [3.63, 3.8) is 0 Å². The highest BCUT2D eigenvalue weighted by molar-refractivity contribution is 7.91. The van der Waals surface area contributed by atoms with E-state index < -0.39 is 21.2 Å². The summed E-state index contributed by atoms with van der Waals surface area (Å²) in [5.41, 5.74) is 2.14. The Kier molecular flexibility index (Phi) is 4.23. The van der Waals surface area contributed by atoms with Crippen LogP contribution in [-0.2, 0) is 26.6 Å². The summed E-state index contributed by atoms with van der Waals surface area (Å²) >= 11 is 0. The van der Waals surface area contributed by atoms with Crippen molar-refractivity contribution in [1.29, 1.82) is 0 Å². The van der Waals surface area contributed by atoms with E-state index in [0.29, 0.717) is 25.4 Å². The molecule has 4 rings (SSSR count). The number of benzene rings is 2. The molecule has 7 heteroatoms. The van der Waals surface area contributed by atoms with Gasteiger partial charge in [0.2, 0.25) is 9.84 Å². The van der Waals surface area contributed by atoms with Crippen LogP contribution in [0.1, 0.15) is 17.5 Å². The summed E-state index contributed by atoms with van der Waals surface area (Å²) in [6, 6.07) is 14.0. The van der Waals surface area contributed by atoms with Gasteiger partial charge >= 0.3 is 5.76 Å². The van der Waals surface area contributed by atoms with Gasteiger partial charge in [-0.25, -0.2) is 8.42 Å². The Morgan fingerprint density at radius 1 is 1.08 bits per heavy atom. The zero-order chi connectivity index (χ0) is 18.4. The Morgan fingerprint density at radius 3 is 2.62 bits per heavy atom. The molecule has 0 aromatic heterocycles. The molecule has 2 aromatic rings. The maximum Gasteiger partial charge on any atom is 0.341 e. The smallest absolute Gasteiger partial charge is 0.341 e. The number of hydrogen-bond donors (Lipinski definition) is 0. The average molecular weight is 379 g/mol. The van der Waals surface area contributed by atoms with Crippen molar-refractivity contribution >= 4 is 15.5 Å². The minimum absolute atomic E-state index is 0.319. The Morgan fingerprint density at radius 2 is 1.81 bits per heavy atom. The summed E-state index contributed by atoms with van der Waals surface area (Å²) in [6.07, 6.45) is 1.69. The highest BCUT2D eigenvalue weighted by Crippen LogP contribution is 2.43. The van der Waals surface area contributed by atoms with Gasteiger partial charge in [-0.1, -0.05) is 36.4 Å². The minimum atomic E-state index is -4.67. The van der Waals surface area contributed by atoms with Gasteiger partial charge in [-0.2, -0.15) is 8.78 Å². The first-order chi connectivity index (χ1) is 12.4. The quantitative estimate of drug-likeness (QED) is 0.821. The van der Waals surface area contributed by atoms with Crippen LogP contribution in [0.4, 0.5) is 14.5 Å². The van der Waals surface area contributed by atoms with Crippen LogP contribution in [0.25, 0.3) is 0 Å². The molecule has 0 saturated carbocycles. The first-order valence-electron chi connectivity index (χ1n) is 8.52. The number of sulfone groups is 1. The van der Waals surface area contributed by atoms with E-state index in [-0.39, 0.29) is 4.90 Å². The van der Waals surface area contributed by atoms with Crippen LogP contribution >= 0.6 is 0 Å². The standard InChI is InChI=1S/C19H19F2NO3S/c20-18(21)26(23,24)17-8-4-3-7-16(17)22-11-12-25-19(13-22)10-9-14-5-1-2-6-15(14)19/h1-8,18H,9-13H2. The third kappa shape index (κ3) is 2.70. The van der Waals surface area contributed by atoms with Crippen LogP contribution in [0.15, 0.2) is 53.4 Å². The van der Waals surface area contributed by atoms with Gasteiger partial charge in [-0.05, 0) is 36.1 Å². The third-order valence-electron chi connectivity index (χ3n) is 5.24. The summed E-state index contributed by atoms with van der Waals surface area (Å²) < 4.78 is 56.5. The fourth-order valence-electron chi connectivity index (χ4n) is 4.01. The number of fused-ring (bicyclic) bond motifs is 2. The lowest BCUT2D eigenvalue weighted by Crippen LogP contribution is -2.49. The molecule has 1 aliphatic heterocycles. The highest BCUT2D eigenvalue weighted by Gasteiger charge is 2.44. The van der Waals surface area contributed by atoms with Gasteiger partial charge in [-0.3, -0.25) is 0 Å². The zero-order valence-electron chi connectivity index (χ0n) is 14.1. The number of halogens is 2. The van der Waals surface area contributed by atoms with Crippen molar-refractivity contribution in [3.8, 4) is 0 Å². The highest BCUT2D eigenvalue weighted by atomic mass is 32.2. The van der Waals surface area contributed by atoms with Crippen LogP contribution in [0.5, 0.6) is 0 Å². The molecule has 1 heterocycles. The lowest BCUT2D eigenvalue weighted by molar-refractivity contribution is -0.0593. The molecule has 1 aliphatic carbocycles. The molecule has 0 N–H and O–H groups in total. The van der Waals surface area contributed by atoms with Gasteiger partial charge in [0, 0.05) is 6.54 Å². The number of anilines is 1. The second kappa shape index (κ2) is 6.32. The molecular formula is C19H19F2NO3S. The summed E-state index contributed by atoms with van der Waals surface area (Å²) in [7, 11) is -4.67. The average Bonchev–Trinajstić information content (AvgIpc) is 3.00. The molecule has 1 atom stereocenters. The number of rotatable bonds is 3. The summed E-state index contributed by atoms with van der Waals surface area (Å²) in [5, 5.41) is 0. The molecule has 1 saturated heterocycles. The number of aryl methyl sites for hydroxylation is 1. The fraction of sp³-hybridized carbons (Fsp3) is 0.368. The second-order valence-corrected chi connectivity index (χ2v) is 8.58. The van der Waals surface area contributed by atoms with E-state index >= 15 is 0 Å². The largest absolute Gasteiger partial charge is 0.367 e. The second-order valence-electron chi connectivity index (χ2n) is 6.69. The molecule has 138 valence electrons. The molecule has 2 aromatic carbocycles. The van der Waals surface area contributed by atoms with E-state index in [2.05, 4.69) is 6.07 Å². The number of nitrogens with zero attached hydrogens (tertiary/aromatic N) is 1. The maximum atomic E-state index is 13.1. The van der Waals surface area contributed by atoms with E-state index in [0.717, 1.165) is 18.4 Å². The van der Waals surface area contributed by atoms with E-state index in [1.165, 1.54) is 17.7 Å². The molecule has 26 heavy (non-hydrogen) atoms. The van der Waals surface area contributed by atoms with E-state index in [4.69, 9.17) is 4.74 Å². The predicted octanol–water partition coefficient (Wildman–Crippen LogP) is 3.36. The summed E-state index contributed by atoms with van der Waals surface area (Å²) in [4.78, 5) is 1.54. The topological polar surface area (TPSA) is 46.6 Å². The minimum Gasteiger partial charge on any atom is -0.367 e. The zero-order valence-corrected chi connectivity index (χ0v) is 14.9. The van der Waals surface area contributed by atoms with Gasteiger partial charge in [-0.15, -0.1) is 0 Å². The van der Waals surface area contributed by atoms with Crippen molar-refractivity contribution in [2.24, 2.45) is 0 Å². The lowest BCUT2D eigenvalue weighted by atomic mass is 9.93. The molecule has 0 radical (unpaired) electrons. The van der Waals surface area contributed by atoms with Gasteiger partial charge < -0.3 is 9.64 Å². The van der Waals surface area contributed by atoms with Gasteiger partial charge in [0.1, 0.15) is 5.60 Å². The normalized spacial score (nSPS) is 22.8. The summed E-state index contributed by atoms with van der Waals surface area (Å²) in [5.74, 6) is -3.44. The SMILES string of the molecule is O=S(=O)(c1ccccc1N1CCOC2(CCc3ccccc32)C1)C(F)F. The number of hydrogen-bond acceptors (Lipinski definition) is 4. The van der Waals surface area contributed by atoms with Crippen LogP contribution < -0.4 is 4.90 Å². The number of para-hydroxylation sites is 1. The monoisotopic (exact) mass is 379 g/mol. The first-order valence-corrected chi connectivity index (χ1v) is 10.1. The molecule has 0 amide bonds. The molecule has 4 nitrogen and oxygen atoms in total. The fourth-order valence-corrected chi connectivity index (χ4v) is 4.96.